The number of hydrogen-bond donors (Lipinski definition) is 1. The van der Waals surface area contributed by atoms with Crippen LogP contribution < -0.4 is 5.01 Å². The lowest BCUT2D eigenvalue weighted by Gasteiger charge is -2.19. The Kier molecular flexibility index (Phi) is 4.24. The van der Waals surface area contributed by atoms with Gasteiger partial charge >= 0.3 is 11.9 Å². The molecule has 1 aliphatic rings. The number of hydrazone groups is 1. The van der Waals surface area contributed by atoms with E-state index in [0.717, 1.165) is 0 Å². The number of anilines is 1. The van der Waals surface area contributed by atoms with Gasteiger partial charge in [0.05, 0.1) is 12.3 Å². The molecule has 1 N–H and O–H groups in total. The molecular weight excluding hydrogens is 284 g/mol. The molecule has 0 saturated carbocycles. The Hall–Kier alpha value is -2.08. The predicted molar refractivity (Wildman–Crippen MR) is 74.0 cm³/mol. The smallest absolute Gasteiger partial charge is 0.354 e. The third-order valence-corrected chi connectivity index (χ3v) is 3.05. The van der Waals surface area contributed by atoms with Gasteiger partial charge in [0.2, 0.25) is 0 Å². The van der Waals surface area contributed by atoms with Crippen molar-refractivity contribution in [2.24, 2.45) is 5.10 Å². The quantitative estimate of drug-likeness (QED) is 0.859. The molecule has 6 nitrogen and oxygen atoms in total. The number of rotatable bonds is 4. The first-order chi connectivity index (χ1) is 9.52. The van der Waals surface area contributed by atoms with Crippen molar-refractivity contribution in [3.8, 4) is 0 Å². The van der Waals surface area contributed by atoms with Crippen LogP contribution in [0, 0.1) is 0 Å². The van der Waals surface area contributed by atoms with Gasteiger partial charge in [0, 0.05) is 11.4 Å². The summed E-state index contributed by atoms with van der Waals surface area (Å²) in [6.07, 6.45) is 0.0107. The number of nitrogens with zero attached hydrogens (tertiary/aromatic N) is 2. The maximum atomic E-state index is 11.7. The summed E-state index contributed by atoms with van der Waals surface area (Å²) in [5, 5.41) is 15.1. The first-order valence-corrected chi connectivity index (χ1v) is 6.43. The van der Waals surface area contributed by atoms with Crippen LogP contribution in [0.3, 0.4) is 0 Å². The molecule has 106 valence electrons. The molecule has 7 heteroatoms. The summed E-state index contributed by atoms with van der Waals surface area (Å²) in [6.45, 7) is 1.90. The summed E-state index contributed by atoms with van der Waals surface area (Å²) in [7, 11) is 0. The Morgan fingerprint density at radius 1 is 1.45 bits per heavy atom. The highest BCUT2D eigenvalue weighted by molar-refractivity contribution is 6.38. The Labute approximate surface area is 120 Å². The second-order valence-corrected chi connectivity index (χ2v) is 4.58. The lowest BCUT2D eigenvalue weighted by molar-refractivity contribution is -0.138. The first-order valence-electron chi connectivity index (χ1n) is 6.05. The van der Waals surface area contributed by atoms with Crippen LogP contribution in [0.2, 0.25) is 5.02 Å². The van der Waals surface area contributed by atoms with E-state index in [1.165, 1.54) is 5.01 Å². The Morgan fingerprint density at radius 2 is 2.10 bits per heavy atom. The number of halogens is 1. The number of aliphatic carboxylic acids is 1. The number of benzene rings is 1. The van der Waals surface area contributed by atoms with E-state index in [2.05, 4.69) is 5.10 Å². The summed E-state index contributed by atoms with van der Waals surface area (Å²) in [4.78, 5) is 22.9. The van der Waals surface area contributed by atoms with E-state index in [1.807, 2.05) is 0 Å². The number of esters is 1. The van der Waals surface area contributed by atoms with Gasteiger partial charge in [-0.3, -0.25) is 5.01 Å². The topological polar surface area (TPSA) is 79.2 Å². The molecule has 1 unspecified atom stereocenters. The highest BCUT2D eigenvalue weighted by Gasteiger charge is 2.36. The molecule has 0 aromatic heterocycles. The van der Waals surface area contributed by atoms with Crippen LogP contribution in [0.4, 0.5) is 5.69 Å². The lowest BCUT2D eigenvalue weighted by atomic mass is 10.1. The van der Waals surface area contributed by atoms with Gasteiger partial charge in [-0.25, -0.2) is 9.59 Å². The molecule has 1 aliphatic heterocycles. The van der Waals surface area contributed by atoms with Gasteiger partial charge in [-0.1, -0.05) is 11.6 Å². The van der Waals surface area contributed by atoms with E-state index in [9.17, 15) is 14.7 Å². The third kappa shape index (κ3) is 2.91. The van der Waals surface area contributed by atoms with Crippen LogP contribution in [-0.2, 0) is 14.3 Å². The molecule has 0 aliphatic carbocycles. The maximum absolute atomic E-state index is 11.7. The first kappa shape index (κ1) is 14.3. The van der Waals surface area contributed by atoms with E-state index < -0.39 is 18.0 Å². The fourth-order valence-electron chi connectivity index (χ4n) is 1.87. The van der Waals surface area contributed by atoms with E-state index in [4.69, 9.17) is 16.3 Å². The molecule has 0 saturated heterocycles. The fraction of sp³-hybridized carbons (Fsp3) is 0.308. The van der Waals surface area contributed by atoms with E-state index in [-0.39, 0.29) is 18.7 Å². The van der Waals surface area contributed by atoms with Crippen LogP contribution in [-0.4, -0.2) is 35.4 Å². The van der Waals surface area contributed by atoms with Crippen molar-refractivity contribution in [2.45, 2.75) is 19.4 Å². The molecule has 1 aromatic rings. The van der Waals surface area contributed by atoms with Gasteiger partial charge in [0.15, 0.2) is 6.04 Å². The summed E-state index contributed by atoms with van der Waals surface area (Å²) in [6, 6.07) is 5.64. The monoisotopic (exact) mass is 296 g/mol. The zero-order chi connectivity index (χ0) is 14.7. The van der Waals surface area contributed by atoms with Crippen molar-refractivity contribution in [3.05, 3.63) is 29.3 Å². The largest absolute Gasteiger partial charge is 0.480 e. The molecule has 1 atom stereocenters. The Balaban J connectivity index is 2.29. The van der Waals surface area contributed by atoms with Gasteiger partial charge in [-0.05, 0) is 31.2 Å². The molecule has 1 aromatic carbocycles. The van der Waals surface area contributed by atoms with Gasteiger partial charge in [-0.15, -0.1) is 0 Å². The van der Waals surface area contributed by atoms with Crippen molar-refractivity contribution in [2.75, 3.05) is 11.6 Å². The summed E-state index contributed by atoms with van der Waals surface area (Å²) in [5.74, 6) is -1.64. The zero-order valence-corrected chi connectivity index (χ0v) is 11.5. The van der Waals surface area contributed by atoms with Crippen LogP contribution in [0.1, 0.15) is 13.3 Å². The number of hydrogen-bond acceptors (Lipinski definition) is 5. The number of ether oxygens (including phenoxy) is 1. The van der Waals surface area contributed by atoms with Crippen molar-refractivity contribution in [1.29, 1.82) is 0 Å². The lowest BCUT2D eigenvalue weighted by Crippen LogP contribution is -2.34. The molecule has 0 amide bonds. The fourth-order valence-corrected chi connectivity index (χ4v) is 2.00. The van der Waals surface area contributed by atoms with E-state index in [1.54, 1.807) is 31.2 Å². The van der Waals surface area contributed by atoms with Gasteiger partial charge in [-0.2, -0.15) is 5.10 Å². The zero-order valence-electron chi connectivity index (χ0n) is 10.7. The average Bonchev–Trinajstić information content (AvgIpc) is 2.85. The predicted octanol–water partition coefficient (Wildman–Crippen LogP) is 1.92. The molecule has 20 heavy (non-hydrogen) atoms. The standard InChI is InChI=1S/C13H13ClN2O4/c1-2-20-13(19)10-7-11(12(17)18)16(15-10)9-5-3-8(14)4-6-9/h3-6,11H,2,7H2,1H3,(H,17,18). The van der Waals surface area contributed by atoms with Gasteiger partial charge < -0.3 is 9.84 Å². The van der Waals surface area contributed by atoms with Crippen molar-refractivity contribution >= 4 is 34.9 Å². The van der Waals surface area contributed by atoms with Crippen molar-refractivity contribution in [3.63, 3.8) is 0 Å². The number of carboxylic acids is 1. The SMILES string of the molecule is CCOC(=O)C1=NN(c2ccc(Cl)cc2)C(C(=O)O)C1. The third-order valence-electron chi connectivity index (χ3n) is 2.80. The minimum atomic E-state index is -1.05. The summed E-state index contributed by atoms with van der Waals surface area (Å²) in [5.41, 5.74) is 0.662. The highest BCUT2D eigenvalue weighted by Crippen LogP contribution is 2.26. The molecule has 0 spiro atoms. The van der Waals surface area contributed by atoms with Crippen LogP contribution >= 0.6 is 11.6 Å². The van der Waals surface area contributed by atoms with Crippen LogP contribution in [0.5, 0.6) is 0 Å². The molecule has 2 rings (SSSR count). The molecular formula is C13H13ClN2O4. The minimum Gasteiger partial charge on any atom is -0.480 e. The van der Waals surface area contributed by atoms with E-state index in [0.29, 0.717) is 10.7 Å². The molecule has 0 radical (unpaired) electrons. The van der Waals surface area contributed by atoms with E-state index >= 15 is 0 Å². The highest BCUT2D eigenvalue weighted by atomic mass is 35.5. The minimum absolute atomic E-state index is 0.0107. The number of carboxylic acid groups (broad SMARTS) is 1. The van der Waals surface area contributed by atoms with Gasteiger partial charge in [0.25, 0.3) is 0 Å². The van der Waals surface area contributed by atoms with Crippen LogP contribution in [0.15, 0.2) is 29.4 Å². The van der Waals surface area contributed by atoms with Crippen LogP contribution in [0.25, 0.3) is 0 Å². The summed E-state index contributed by atoms with van der Waals surface area (Å²) < 4.78 is 4.85. The maximum Gasteiger partial charge on any atom is 0.354 e. The normalized spacial score (nSPS) is 17.8. The summed E-state index contributed by atoms with van der Waals surface area (Å²) >= 11 is 5.79. The second kappa shape index (κ2) is 5.92. The van der Waals surface area contributed by atoms with Crippen molar-refractivity contribution in [1.82, 2.24) is 0 Å². The molecule has 0 bridgehead atoms. The van der Waals surface area contributed by atoms with Gasteiger partial charge in [0.1, 0.15) is 5.71 Å². The Bertz CT molecular complexity index is 556. The molecule has 1 heterocycles. The van der Waals surface area contributed by atoms with Crippen molar-refractivity contribution < 1.29 is 19.4 Å². The Morgan fingerprint density at radius 3 is 2.65 bits per heavy atom. The second-order valence-electron chi connectivity index (χ2n) is 4.15. The number of carbonyl (C=O) groups is 2. The number of carbonyl (C=O) groups excluding carboxylic acids is 1. The molecule has 0 fully saturated rings. The average molecular weight is 297 g/mol.